The second-order valence-electron chi connectivity index (χ2n) is 6.40. The third-order valence-corrected chi connectivity index (χ3v) is 5.68. The molecule has 0 amide bonds. The van der Waals surface area contributed by atoms with E-state index in [1.807, 2.05) is 0 Å². The van der Waals surface area contributed by atoms with E-state index in [0.29, 0.717) is 4.85 Å². The molecule has 0 saturated carbocycles. The van der Waals surface area contributed by atoms with Gasteiger partial charge in [-0.15, -0.1) is 13.2 Å². The molecule has 3 rings (SSSR count). The number of hydrogen-bond donors (Lipinski definition) is 1. The fraction of sp³-hybridized carbons (Fsp3) is 0.105. The van der Waals surface area contributed by atoms with E-state index in [2.05, 4.69) is 14.6 Å². The summed E-state index contributed by atoms with van der Waals surface area (Å²) in [6.45, 7) is 1.44. The number of nitrogens with one attached hydrogen (secondary N) is 1. The van der Waals surface area contributed by atoms with Crippen molar-refractivity contribution < 1.29 is 36.0 Å². The minimum absolute atomic E-state index is 0.0194. The van der Waals surface area contributed by atoms with E-state index in [1.54, 1.807) is 0 Å². The van der Waals surface area contributed by atoms with Gasteiger partial charge in [-0.1, -0.05) is 16.4 Å². The number of ketones is 1. The highest BCUT2D eigenvalue weighted by Gasteiger charge is 2.31. The summed E-state index contributed by atoms with van der Waals surface area (Å²) in [6.07, 6.45) is -3.89. The maximum atomic E-state index is 12.9. The normalized spacial score (nSPS) is 11.8. The predicted octanol–water partition coefficient (Wildman–Crippen LogP) is 3.61. The van der Waals surface area contributed by atoms with E-state index in [1.165, 1.54) is 31.2 Å². The summed E-state index contributed by atoms with van der Waals surface area (Å²) in [4.78, 5) is 12.9. The number of halogens is 4. The molecular formula is C19H13ClF3N3O5S. The van der Waals surface area contributed by atoms with Crippen LogP contribution >= 0.6 is 11.6 Å². The standard InChI is InChI=1S/C19H13ClF3N3O5S/c1-11-8-12(10-24-26(11)28)18(27)16-9-13(20)2-7-17(16)25-32(29,30)15-5-3-14(4-6-15)31-19(21,22)23/h2-10,25H,1H3. The molecular weight excluding hydrogens is 475 g/mol. The van der Waals surface area contributed by atoms with Gasteiger partial charge in [-0.05, 0) is 42.5 Å². The van der Waals surface area contributed by atoms with Crippen LogP contribution in [-0.2, 0) is 10.0 Å². The Morgan fingerprint density at radius 1 is 1.16 bits per heavy atom. The average Bonchev–Trinajstić information content (AvgIpc) is 2.70. The highest BCUT2D eigenvalue weighted by atomic mass is 35.5. The third kappa shape index (κ3) is 5.45. The molecule has 2 aromatic carbocycles. The van der Waals surface area contributed by atoms with Crippen molar-refractivity contribution in [3.8, 4) is 5.75 Å². The Hall–Kier alpha value is -3.38. The van der Waals surface area contributed by atoms with E-state index in [4.69, 9.17) is 11.6 Å². The van der Waals surface area contributed by atoms with Crippen LogP contribution in [0.4, 0.5) is 18.9 Å². The molecule has 0 bridgehead atoms. The van der Waals surface area contributed by atoms with Crippen molar-refractivity contribution in [2.75, 3.05) is 4.72 Å². The first-order valence-electron chi connectivity index (χ1n) is 8.65. The lowest BCUT2D eigenvalue weighted by Gasteiger charge is -2.13. The van der Waals surface area contributed by atoms with Crippen molar-refractivity contribution in [2.24, 2.45) is 0 Å². The molecule has 1 N–H and O–H groups in total. The number of nitrogens with zero attached hydrogens (tertiary/aromatic N) is 2. The quantitative estimate of drug-likeness (QED) is 0.323. The van der Waals surface area contributed by atoms with Gasteiger partial charge in [0.05, 0.1) is 16.1 Å². The zero-order valence-electron chi connectivity index (χ0n) is 16.1. The van der Waals surface area contributed by atoms with Crippen molar-refractivity contribution in [1.82, 2.24) is 5.10 Å². The SMILES string of the molecule is Cc1cc(C(=O)c2cc(Cl)ccc2NS(=O)(=O)c2ccc(OC(F)(F)F)cc2)cn[n+]1[O-]. The summed E-state index contributed by atoms with van der Waals surface area (Å²) >= 11 is 5.96. The Bertz CT molecular complexity index is 1280. The Kier molecular flexibility index (Phi) is 6.28. The summed E-state index contributed by atoms with van der Waals surface area (Å²) in [5.41, 5.74) is -0.0957. The van der Waals surface area contributed by atoms with Gasteiger partial charge < -0.3 is 9.94 Å². The number of ether oxygens (including phenoxy) is 1. The number of aromatic nitrogens is 2. The van der Waals surface area contributed by atoms with E-state index in [-0.39, 0.29) is 32.4 Å². The first-order chi connectivity index (χ1) is 14.9. The minimum Gasteiger partial charge on any atom is -0.594 e. The fourth-order valence-corrected chi connectivity index (χ4v) is 3.87. The average molecular weight is 488 g/mol. The molecule has 0 aliphatic heterocycles. The molecule has 13 heteroatoms. The Labute approximate surface area is 184 Å². The highest BCUT2D eigenvalue weighted by molar-refractivity contribution is 7.92. The minimum atomic E-state index is -4.92. The maximum absolute atomic E-state index is 12.9. The van der Waals surface area contributed by atoms with Crippen molar-refractivity contribution in [3.63, 3.8) is 0 Å². The summed E-state index contributed by atoms with van der Waals surface area (Å²) in [6, 6.07) is 8.62. The molecule has 0 fully saturated rings. The van der Waals surface area contributed by atoms with E-state index in [9.17, 15) is 31.6 Å². The number of benzene rings is 2. The van der Waals surface area contributed by atoms with Crippen LogP contribution in [0.15, 0.2) is 59.6 Å². The Morgan fingerprint density at radius 2 is 1.81 bits per heavy atom. The molecule has 8 nitrogen and oxygen atoms in total. The van der Waals surface area contributed by atoms with Gasteiger partial charge in [0.1, 0.15) is 11.9 Å². The highest BCUT2D eigenvalue weighted by Crippen LogP contribution is 2.28. The number of alkyl halides is 3. The van der Waals surface area contributed by atoms with Gasteiger partial charge in [-0.2, -0.15) is 0 Å². The van der Waals surface area contributed by atoms with Crippen LogP contribution in [0.3, 0.4) is 0 Å². The van der Waals surface area contributed by atoms with Gasteiger partial charge in [0, 0.05) is 28.7 Å². The number of carbonyl (C=O) groups excluding carboxylic acids is 1. The number of aryl methyl sites for hydroxylation is 1. The monoisotopic (exact) mass is 487 g/mol. The predicted molar refractivity (Wildman–Crippen MR) is 107 cm³/mol. The van der Waals surface area contributed by atoms with Crippen LogP contribution in [0.25, 0.3) is 0 Å². The van der Waals surface area contributed by atoms with Gasteiger partial charge in [0.2, 0.25) is 5.69 Å². The van der Waals surface area contributed by atoms with Crippen LogP contribution in [0.1, 0.15) is 21.6 Å². The van der Waals surface area contributed by atoms with Crippen LogP contribution < -0.4 is 14.3 Å². The van der Waals surface area contributed by atoms with Crippen LogP contribution in [0.2, 0.25) is 5.02 Å². The second-order valence-corrected chi connectivity index (χ2v) is 8.52. The fourth-order valence-electron chi connectivity index (χ4n) is 2.62. The lowest BCUT2D eigenvalue weighted by Crippen LogP contribution is -2.34. The van der Waals surface area contributed by atoms with Crippen LogP contribution in [-0.4, -0.2) is 25.7 Å². The number of anilines is 1. The molecule has 0 saturated heterocycles. The third-order valence-electron chi connectivity index (χ3n) is 4.07. The summed E-state index contributed by atoms with van der Waals surface area (Å²) in [7, 11) is -4.29. The first kappa shape index (κ1) is 23.3. The molecule has 32 heavy (non-hydrogen) atoms. The zero-order chi connectivity index (χ0) is 23.7. The number of carbonyl (C=O) groups is 1. The maximum Gasteiger partial charge on any atom is 0.573 e. The summed E-state index contributed by atoms with van der Waals surface area (Å²) in [5.74, 6) is -1.25. The zero-order valence-corrected chi connectivity index (χ0v) is 17.6. The lowest BCUT2D eigenvalue weighted by molar-refractivity contribution is -0.675. The smallest absolute Gasteiger partial charge is 0.573 e. The van der Waals surface area contributed by atoms with Gasteiger partial charge in [0.15, 0.2) is 5.78 Å². The van der Waals surface area contributed by atoms with Crippen molar-refractivity contribution in [2.45, 2.75) is 18.2 Å². The molecule has 3 aromatic rings. The number of sulfonamides is 1. The molecule has 0 spiro atoms. The molecule has 0 atom stereocenters. The van der Waals surface area contributed by atoms with E-state index >= 15 is 0 Å². The lowest BCUT2D eigenvalue weighted by atomic mass is 10.0. The number of hydrogen-bond acceptors (Lipinski definition) is 6. The van der Waals surface area contributed by atoms with Gasteiger partial charge in [-0.3, -0.25) is 9.52 Å². The molecule has 168 valence electrons. The molecule has 0 radical (unpaired) electrons. The summed E-state index contributed by atoms with van der Waals surface area (Å²) < 4.78 is 68.2. The molecule has 1 heterocycles. The molecule has 1 aromatic heterocycles. The van der Waals surface area contributed by atoms with Gasteiger partial charge in [0.25, 0.3) is 10.0 Å². The Morgan fingerprint density at radius 3 is 2.41 bits per heavy atom. The van der Waals surface area contributed by atoms with Gasteiger partial charge >= 0.3 is 6.36 Å². The van der Waals surface area contributed by atoms with Crippen molar-refractivity contribution in [3.05, 3.63) is 81.8 Å². The van der Waals surface area contributed by atoms with E-state index < -0.39 is 27.9 Å². The van der Waals surface area contributed by atoms with Gasteiger partial charge in [-0.25, -0.2) is 8.42 Å². The van der Waals surface area contributed by atoms with E-state index in [0.717, 1.165) is 30.5 Å². The van der Waals surface area contributed by atoms with Crippen LogP contribution in [0, 0.1) is 12.1 Å². The first-order valence-corrected chi connectivity index (χ1v) is 10.5. The van der Waals surface area contributed by atoms with Crippen molar-refractivity contribution >= 4 is 33.1 Å². The van der Waals surface area contributed by atoms with Crippen molar-refractivity contribution in [1.29, 1.82) is 0 Å². The molecule has 0 aliphatic rings. The Balaban J connectivity index is 1.93. The van der Waals surface area contributed by atoms with Crippen LogP contribution in [0.5, 0.6) is 5.75 Å². The largest absolute Gasteiger partial charge is 0.594 e. The molecule has 0 aliphatic carbocycles. The number of rotatable bonds is 6. The summed E-state index contributed by atoms with van der Waals surface area (Å²) in [5, 5.41) is 15.1. The second kappa shape index (κ2) is 8.63. The molecule has 0 unspecified atom stereocenters. The topological polar surface area (TPSA) is 112 Å².